The third-order valence-corrected chi connectivity index (χ3v) is 3.64. The van der Waals surface area contributed by atoms with Crippen molar-refractivity contribution in [1.29, 1.82) is 0 Å². The van der Waals surface area contributed by atoms with Gasteiger partial charge in [0.1, 0.15) is 5.75 Å². The van der Waals surface area contributed by atoms with Crippen molar-refractivity contribution in [2.45, 2.75) is 12.8 Å². The standard InChI is InChI=1S/C16H17NO4/c1-19-14-5-3-2-4-12(14)10-13-16(18)21-15(17-13)11-6-8-20-9-7-11/h2-5,10-11H,6-9H2,1H3/b13-10-. The Hall–Kier alpha value is -2.14. The molecular weight excluding hydrogens is 270 g/mol. The number of ether oxygens (including phenoxy) is 3. The Bertz CT molecular complexity index is 600. The third-order valence-electron chi connectivity index (χ3n) is 3.64. The molecule has 5 nitrogen and oxygen atoms in total. The molecule has 0 amide bonds. The van der Waals surface area contributed by atoms with Gasteiger partial charge < -0.3 is 14.2 Å². The Kier molecular flexibility index (Phi) is 4.01. The number of nitrogens with zero attached hydrogens (tertiary/aromatic N) is 1. The fourth-order valence-electron chi connectivity index (χ4n) is 2.48. The maximum Gasteiger partial charge on any atom is 0.363 e. The number of hydrogen-bond acceptors (Lipinski definition) is 5. The molecule has 3 rings (SSSR count). The number of aliphatic imine (C=N–C) groups is 1. The van der Waals surface area contributed by atoms with Crippen molar-refractivity contribution in [3.05, 3.63) is 35.5 Å². The van der Waals surface area contributed by atoms with Crippen LogP contribution in [0.15, 0.2) is 35.0 Å². The molecule has 1 aromatic carbocycles. The Morgan fingerprint density at radius 1 is 1.29 bits per heavy atom. The summed E-state index contributed by atoms with van der Waals surface area (Å²) in [6.07, 6.45) is 3.38. The van der Waals surface area contributed by atoms with Gasteiger partial charge in [-0.25, -0.2) is 9.79 Å². The Labute approximate surface area is 123 Å². The van der Waals surface area contributed by atoms with Crippen LogP contribution in [0.25, 0.3) is 6.08 Å². The van der Waals surface area contributed by atoms with Crippen LogP contribution >= 0.6 is 0 Å². The lowest BCUT2D eigenvalue weighted by molar-refractivity contribution is -0.130. The first-order valence-electron chi connectivity index (χ1n) is 7.01. The van der Waals surface area contributed by atoms with Crippen molar-refractivity contribution in [2.24, 2.45) is 10.9 Å². The fraction of sp³-hybridized carbons (Fsp3) is 0.375. The Balaban J connectivity index is 1.85. The molecule has 0 atom stereocenters. The van der Waals surface area contributed by atoms with Gasteiger partial charge in [-0.05, 0) is 25.0 Å². The lowest BCUT2D eigenvalue weighted by atomic mass is 10.0. The summed E-state index contributed by atoms with van der Waals surface area (Å²) < 4.78 is 15.9. The molecule has 5 heteroatoms. The molecule has 0 bridgehead atoms. The number of hydrogen-bond donors (Lipinski definition) is 0. The van der Waals surface area contributed by atoms with Gasteiger partial charge in [-0.15, -0.1) is 0 Å². The first-order chi connectivity index (χ1) is 10.3. The molecule has 0 radical (unpaired) electrons. The van der Waals surface area contributed by atoms with E-state index in [4.69, 9.17) is 14.2 Å². The zero-order chi connectivity index (χ0) is 14.7. The summed E-state index contributed by atoms with van der Waals surface area (Å²) in [5, 5.41) is 0. The van der Waals surface area contributed by atoms with Crippen LogP contribution in [0.3, 0.4) is 0 Å². The highest BCUT2D eigenvalue weighted by Crippen LogP contribution is 2.26. The average Bonchev–Trinajstić information content (AvgIpc) is 2.90. The van der Waals surface area contributed by atoms with Crippen LogP contribution in [0.5, 0.6) is 5.75 Å². The predicted molar refractivity (Wildman–Crippen MR) is 78.0 cm³/mol. The zero-order valence-electron chi connectivity index (χ0n) is 11.9. The minimum Gasteiger partial charge on any atom is -0.496 e. The number of cyclic esters (lactones) is 1. The lowest BCUT2D eigenvalue weighted by Gasteiger charge is -2.20. The maximum atomic E-state index is 12.0. The molecule has 0 N–H and O–H groups in total. The van der Waals surface area contributed by atoms with E-state index in [-0.39, 0.29) is 5.92 Å². The van der Waals surface area contributed by atoms with Gasteiger partial charge in [0.05, 0.1) is 7.11 Å². The highest BCUT2D eigenvalue weighted by Gasteiger charge is 2.30. The van der Waals surface area contributed by atoms with Crippen molar-refractivity contribution in [3.63, 3.8) is 0 Å². The van der Waals surface area contributed by atoms with Gasteiger partial charge >= 0.3 is 5.97 Å². The van der Waals surface area contributed by atoms with Crippen LogP contribution in [-0.2, 0) is 14.3 Å². The van der Waals surface area contributed by atoms with Gasteiger partial charge in [0, 0.05) is 24.7 Å². The van der Waals surface area contributed by atoms with Crippen LogP contribution in [0, 0.1) is 5.92 Å². The van der Waals surface area contributed by atoms with E-state index in [9.17, 15) is 4.79 Å². The number of benzene rings is 1. The number of rotatable bonds is 3. The summed E-state index contributed by atoms with van der Waals surface area (Å²) in [4.78, 5) is 16.3. The average molecular weight is 287 g/mol. The minimum atomic E-state index is -0.401. The second-order valence-electron chi connectivity index (χ2n) is 5.00. The monoisotopic (exact) mass is 287 g/mol. The molecule has 0 unspecified atom stereocenters. The lowest BCUT2D eigenvalue weighted by Crippen LogP contribution is -2.24. The van der Waals surface area contributed by atoms with Crippen LogP contribution < -0.4 is 4.74 Å². The van der Waals surface area contributed by atoms with Gasteiger partial charge in [-0.1, -0.05) is 18.2 Å². The molecule has 110 valence electrons. The maximum absolute atomic E-state index is 12.0. The Morgan fingerprint density at radius 2 is 2.05 bits per heavy atom. The van der Waals surface area contributed by atoms with Gasteiger partial charge in [-0.3, -0.25) is 0 Å². The summed E-state index contributed by atoms with van der Waals surface area (Å²) >= 11 is 0. The van der Waals surface area contributed by atoms with E-state index in [1.54, 1.807) is 13.2 Å². The number of methoxy groups -OCH3 is 1. The summed E-state index contributed by atoms with van der Waals surface area (Å²) in [5.41, 5.74) is 1.13. The van der Waals surface area contributed by atoms with Crippen molar-refractivity contribution in [2.75, 3.05) is 20.3 Å². The normalized spacial score (nSPS) is 21.3. The second-order valence-corrected chi connectivity index (χ2v) is 5.00. The Morgan fingerprint density at radius 3 is 2.81 bits per heavy atom. The van der Waals surface area contributed by atoms with E-state index in [1.165, 1.54) is 0 Å². The van der Waals surface area contributed by atoms with Gasteiger partial charge in [0.15, 0.2) is 5.70 Å². The van der Waals surface area contributed by atoms with Crippen LogP contribution in [-0.4, -0.2) is 32.2 Å². The summed E-state index contributed by atoms with van der Waals surface area (Å²) in [6, 6.07) is 7.49. The van der Waals surface area contributed by atoms with Crippen LogP contribution in [0.2, 0.25) is 0 Å². The predicted octanol–water partition coefficient (Wildman–Crippen LogP) is 2.42. The molecule has 2 aliphatic rings. The summed E-state index contributed by atoms with van der Waals surface area (Å²) in [7, 11) is 1.60. The molecule has 2 aliphatic heterocycles. The smallest absolute Gasteiger partial charge is 0.363 e. The second kappa shape index (κ2) is 6.10. The first-order valence-corrected chi connectivity index (χ1v) is 7.01. The van der Waals surface area contributed by atoms with Gasteiger partial charge in [-0.2, -0.15) is 0 Å². The molecule has 0 spiro atoms. The first kappa shape index (κ1) is 13.8. The van der Waals surface area contributed by atoms with Crippen LogP contribution in [0.4, 0.5) is 0 Å². The largest absolute Gasteiger partial charge is 0.496 e. The topological polar surface area (TPSA) is 57.1 Å². The highest BCUT2D eigenvalue weighted by atomic mass is 16.6. The fourth-order valence-corrected chi connectivity index (χ4v) is 2.48. The number of carbonyl (C=O) groups excluding carboxylic acids is 1. The van der Waals surface area contributed by atoms with E-state index in [0.717, 1.165) is 18.4 Å². The third kappa shape index (κ3) is 2.97. The van der Waals surface area contributed by atoms with E-state index in [0.29, 0.717) is 30.6 Å². The quantitative estimate of drug-likeness (QED) is 0.633. The molecule has 1 aromatic rings. The molecular formula is C16H17NO4. The van der Waals surface area contributed by atoms with Gasteiger partial charge in [0.2, 0.25) is 5.90 Å². The number of para-hydroxylation sites is 1. The molecule has 21 heavy (non-hydrogen) atoms. The molecule has 2 heterocycles. The van der Waals surface area contributed by atoms with Crippen molar-refractivity contribution in [3.8, 4) is 5.75 Å². The molecule has 0 aliphatic carbocycles. The summed E-state index contributed by atoms with van der Waals surface area (Å²) in [6.45, 7) is 1.37. The molecule has 0 aromatic heterocycles. The van der Waals surface area contributed by atoms with Crippen molar-refractivity contribution in [1.82, 2.24) is 0 Å². The van der Waals surface area contributed by atoms with E-state index >= 15 is 0 Å². The highest BCUT2D eigenvalue weighted by molar-refractivity contribution is 6.08. The minimum absolute atomic E-state index is 0.172. The number of esters is 1. The molecule has 1 saturated heterocycles. The molecule has 0 saturated carbocycles. The van der Waals surface area contributed by atoms with Crippen molar-refractivity contribution >= 4 is 17.9 Å². The number of carbonyl (C=O) groups is 1. The zero-order valence-corrected chi connectivity index (χ0v) is 11.9. The van der Waals surface area contributed by atoms with Crippen LogP contribution in [0.1, 0.15) is 18.4 Å². The summed E-state index contributed by atoms with van der Waals surface area (Å²) in [5.74, 6) is 0.991. The van der Waals surface area contributed by atoms with E-state index < -0.39 is 5.97 Å². The molecule has 1 fully saturated rings. The van der Waals surface area contributed by atoms with E-state index in [1.807, 2.05) is 24.3 Å². The van der Waals surface area contributed by atoms with Gasteiger partial charge in [0.25, 0.3) is 0 Å². The SMILES string of the molecule is COc1ccccc1/C=C1\N=C(C2CCOCC2)OC1=O. The van der Waals surface area contributed by atoms with Crippen molar-refractivity contribution < 1.29 is 19.0 Å². The van der Waals surface area contributed by atoms with E-state index in [2.05, 4.69) is 4.99 Å².